The third-order valence-electron chi connectivity index (χ3n) is 6.19. The van der Waals surface area contributed by atoms with Crippen LogP contribution in [-0.4, -0.2) is 54.1 Å². The van der Waals surface area contributed by atoms with Gasteiger partial charge in [-0.05, 0) is 12.8 Å². The van der Waals surface area contributed by atoms with E-state index in [-0.39, 0.29) is 12.2 Å². The quantitative estimate of drug-likeness (QED) is 0.150. The molecular weight excluding hydrogens is 358 g/mol. The van der Waals surface area contributed by atoms with Crippen molar-refractivity contribution >= 4 is 0 Å². The van der Waals surface area contributed by atoms with Crippen molar-refractivity contribution in [3.8, 4) is 0 Å². The maximum absolute atomic E-state index is 10.4. The Morgan fingerprint density at radius 1 is 0.483 bits per heavy atom. The van der Waals surface area contributed by atoms with Crippen molar-refractivity contribution in [1.82, 2.24) is 0 Å². The van der Waals surface area contributed by atoms with Gasteiger partial charge in [-0.25, -0.2) is 0 Å². The zero-order chi connectivity index (χ0) is 21.8. The molecule has 0 aromatic carbocycles. The second-order valence-electron chi connectivity index (χ2n) is 10.1. The first kappa shape index (κ1) is 28.9. The maximum Gasteiger partial charge on any atom is 0.105 e. The van der Waals surface area contributed by atoms with Crippen LogP contribution in [0.5, 0.6) is 0 Å². The minimum Gasteiger partial charge on any atom is -0.387 e. The molecule has 0 heterocycles. The Hall–Kier alpha value is -0.120. The number of rotatable bonds is 22. The summed E-state index contributed by atoms with van der Waals surface area (Å²) in [6.07, 6.45) is 22.3. The van der Waals surface area contributed by atoms with Gasteiger partial charge in [0.05, 0.1) is 14.1 Å². The summed E-state index contributed by atoms with van der Waals surface area (Å²) in [6, 6.07) is 0. The number of nitrogens with zero attached hydrogens (tertiary/aromatic N) is 1. The topological polar surface area (TPSA) is 40.5 Å². The lowest BCUT2D eigenvalue weighted by Gasteiger charge is -2.33. The van der Waals surface area contributed by atoms with E-state index < -0.39 is 0 Å². The Balaban J connectivity index is 3.67. The summed E-state index contributed by atoms with van der Waals surface area (Å²) >= 11 is 0. The molecular formula is C26H56NO2+. The van der Waals surface area contributed by atoms with E-state index in [9.17, 15) is 10.2 Å². The van der Waals surface area contributed by atoms with Crippen LogP contribution in [-0.2, 0) is 0 Å². The van der Waals surface area contributed by atoms with E-state index in [1.807, 2.05) is 0 Å². The highest BCUT2D eigenvalue weighted by atomic mass is 16.3. The molecule has 0 rings (SSSR count). The van der Waals surface area contributed by atoms with Crippen LogP contribution in [0.15, 0.2) is 0 Å². The van der Waals surface area contributed by atoms with E-state index in [2.05, 4.69) is 27.9 Å². The zero-order valence-electron chi connectivity index (χ0n) is 20.6. The van der Waals surface area contributed by atoms with Crippen LogP contribution < -0.4 is 0 Å². The van der Waals surface area contributed by atoms with Gasteiger partial charge in [0, 0.05) is 0 Å². The van der Waals surface area contributed by atoms with E-state index in [0.717, 1.165) is 43.3 Å². The SMILES string of the molecule is CCCCCCCCCCC(O)C[N+](C)(C)CC(O)CCCCCCCCCC. The van der Waals surface area contributed by atoms with Crippen LogP contribution in [0.25, 0.3) is 0 Å². The summed E-state index contributed by atoms with van der Waals surface area (Å²) in [5.41, 5.74) is 0. The van der Waals surface area contributed by atoms with Gasteiger partial charge in [0.25, 0.3) is 0 Å². The van der Waals surface area contributed by atoms with E-state index in [1.165, 1.54) is 89.9 Å². The predicted molar refractivity (Wildman–Crippen MR) is 128 cm³/mol. The van der Waals surface area contributed by atoms with Gasteiger partial charge in [-0.15, -0.1) is 0 Å². The number of hydrogen-bond acceptors (Lipinski definition) is 2. The van der Waals surface area contributed by atoms with Gasteiger partial charge in [-0.3, -0.25) is 0 Å². The molecule has 0 aliphatic carbocycles. The number of unbranched alkanes of at least 4 members (excludes halogenated alkanes) is 14. The molecule has 3 heteroatoms. The largest absolute Gasteiger partial charge is 0.387 e. The fraction of sp³-hybridized carbons (Fsp3) is 1.00. The third kappa shape index (κ3) is 20.9. The fourth-order valence-electron chi connectivity index (χ4n) is 4.43. The molecule has 3 nitrogen and oxygen atoms in total. The van der Waals surface area contributed by atoms with Crippen LogP contribution in [0.2, 0.25) is 0 Å². The minimum atomic E-state index is -0.236. The van der Waals surface area contributed by atoms with Crippen LogP contribution >= 0.6 is 0 Å². The Bertz CT molecular complexity index is 303. The van der Waals surface area contributed by atoms with Crippen LogP contribution in [0.4, 0.5) is 0 Å². The average molecular weight is 415 g/mol. The van der Waals surface area contributed by atoms with E-state index in [1.54, 1.807) is 0 Å². The van der Waals surface area contributed by atoms with Gasteiger partial charge in [-0.2, -0.15) is 0 Å². The molecule has 0 spiro atoms. The Kier molecular flexibility index (Phi) is 19.7. The third-order valence-corrected chi connectivity index (χ3v) is 6.19. The molecule has 2 N–H and O–H groups in total. The first-order valence-corrected chi connectivity index (χ1v) is 13.1. The molecule has 0 aromatic rings. The lowest BCUT2D eigenvalue weighted by molar-refractivity contribution is -0.896. The molecule has 0 saturated heterocycles. The van der Waals surface area contributed by atoms with Gasteiger partial charge in [0.2, 0.25) is 0 Å². The molecule has 29 heavy (non-hydrogen) atoms. The lowest BCUT2D eigenvalue weighted by atomic mass is 10.0. The van der Waals surface area contributed by atoms with Gasteiger partial charge in [0.15, 0.2) is 0 Å². The molecule has 0 saturated carbocycles. The highest BCUT2D eigenvalue weighted by Gasteiger charge is 2.23. The Morgan fingerprint density at radius 2 is 0.759 bits per heavy atom. The van der Waals surface area contributed by atoms with Gasteiger partial charge in [-0.1, -0.05) is 117 Å². The van der Waals surface area contributed by atoms with Crippen molar-refractivity contribution in [2.45, 2.75) is 142 Å². The molecule has 0 aliphatic rings. The minimum absolute atomic E-state index is 0.236. The number of aliphatic hydroxyl groups is 2. The van der Waals surface area contributed by atoms with E-state index >= 15 is 0 Å². The molecule has 2 atom stereocenters. The van der Waals surface area contributed by atoms with Crippen LogP contribution in [0.3, 0.4) is 0 Å². The van der Waals surface area contributed by atoms with Gasteiger partial charge < -0.3 is 14.7 Å². The summed E-state index contributed by atoms with van der Waals surface area (Å²) in [7, 11) is 4.29. The normalized spacial score (nSPS) is 14.3. The molecule has 2 unspecified atom stereocenters. The van der Waals surface area contributed by atoms with Crippen molar-refractivity contribution in [2.24, 2.45) is 0 Å². The number of aliphatic hydroxyl groups excluding tert-OH is 2. The van der Waals surface area contributed by atoms with Crippen LogP contribution in [0, 0.1) is 0 Å². The van der Waals surface area contributed by atoms with Crippen molar-refractivity contribution in [3.05, 3.63) is 0 Å². The zero-order valence-corrected chi connectivity index (χ0v) is 20.6. The van der Waals surface area contributed by atoms with E-state index in [4.69, 9.17) is 0 Å². The molecule has 0 radical (unpaired) electrons. The first-order valence-electron chi connectivity index (χ1n) is 13.1. The highest BCUT2D eigenvalue weighted by Crippen LogP contribution is 2.15. The first-order chi connectivity index (χ1) is 13.9. The Morgan fingerprint density at radius 3 is 1.07 bits per heavy atom. The van der Waals surface area contributed by atoms with Gasteiger partial charge in [0.1, 0.15) is 25.3 Å². The average Bonchev–Trinajstić information content (AvgIpc) is 2.65. The van der Waals surface area contributed by atoms with E-state index in [0.29, 0.717) is 0 Å². The fourth-order valence-corrected chi connectivity index (χ4v) is 4.43. The summed E-state index contributed by atoms with van der Waals surface area (Å²) in [5, 5.41) is 20.8. The molecule has 0 amide bonds. The number of quaternary nitrogens is 1. The summed E-state index contributed by atoms with van der Waals surface area (Å²) in [5.74, 6) is 0. The molecule has 0 fully saturated rings. The maximum atomic E-state index is 10.4. The monoisotopic (exact) mass is 414 g/mol. The molecule has 0 aliphatic heterocycles. The van der Waals surface area contributed by atoms with Crippen molar-refractivity contribution < 1.29 is 14.7 Å². The van der Waals surface area contributed by atoms with Crippen molar-refractivity contribution in [2.75, 3.05) is 27.2 Å². The summed E-state index contributed by atoms with van der Waals surface area (Å²) in [4.78, 5) is 0. The summed E-state index contributed by atoms with van der Waals surface area (Å²) < 4.78 is 0.719. The second-order valence-corrected chi connectivity index (χ2v) is 10.1. The lowest BCUT2D eigenvalue weighted by Crippen LogP contribution is -2.49. The van der Waals surface area contributed by atoms with Crippen molar-refractivity contribution in [3.63, 3.8) is 0 Å². The highest BCUT2D eigenvalue weighted by molar-refractivity contribution is 4.60. The number of hydrogen-bond donors (Lipinski definition) is 2. The van der Waals surface area contributed by atoms with Crippen molar-refractivity contribution in [1.29, 1.82) is 0 Å². The standard InChI is InChI=1S/C26H56NO2/c1-5-7-9-11-13-15-17-19-21-25(28)23-27(3,4)24-26(29)22-20-18-16-14-12-10-8-6-2/h25-26,28-29H,5-24H2,1-4H3/q+1. The van der Waals surface area contributed by atoms with Crippen LogP contribution in [0.1, 0.15) is 129 Å². The second kappa shape index (κ2) is 19.8. The number of likely N-dealkylation sites (N-methyl/N-ethyl adjacent to an activating group) is 1. The smallest absolute Gasteiger partial charge is 0.105 e. The Labute approximate surface area is 183 Å². The molecule has 0 bridgehead atoms. The molecule has 0 aromatic heterocycles. The van der Waals surface area contributed by atoms with Gasteiger partial charge >= 0.3 is 0 Å². The molecule has 176 valence electrons. The summed E-state index contributed by atoms with van der Waals surface area (Å²) in [6.45, 7) is 6.03. The predicted octanol–water partition coefficient (Wildman–Crippen LogP) is 6.85.